The third-order valence-corrected chi connectivity index (χ3v) is 4.68. The monoisotopic (exact) mass is 276 g/mol. The van der Waals surface area contributed by atoms with E-state index in [-0.39, 0.29) is 6.42 Å². The number of ether oxygens (including phenoxy) is 2. The molecule has 2 atom stereocenters. The molecule has 4 heteroatoms. The molecule has 0 spiro atoms. The van der Waals surface area contributed by atoms with Gasteiger partial charge in [0.25, 0.3) is 0 Å². The third kappa shape index (κ3) is 1.94. The molecule has 2 aliphatic carbocycles. The van der Waals surface area contributed by atoms with E-state index in [1.165, 1.54) is 30.4 Å². The Kier molecular flexibility index (Phi) is 3.32. The summed E-state index contributed by atoms with van der Waals surface area (Å²) in [5.41, 5.74) is 3.54. The van der Waals surface area contributed by atoms with E-state index in [1.807, 2.05) is 6.07 Å². The van der Waals surface area contributed by atoms with Gasteiger partial charge in [0.1, 0.15) is 11.5 Å². The van der Waals surface area contributed by atoms with Gasteiger partial charge in [0.15, 0.2) is 0 Å². The van der Waals surface area contributed by atoms with Gasteiger partial charge in [-0.1, -0.05) is 0 Å². The van der Waals surface area contributed by atoms with Gasteiger partial charge in [0, 0.05) is 17.5 Å². The summed E-state index contributed by atoms with van der Waals surface area (Å²) in [7, 11) is 3.37. The van der Waals surface area contributed by atoms with E-state index < -0.39 is 5.97 Å². The molecule has 0 saturated heterocycles. The average molecular weight is 276 g/mol. The van der Waals surface area contributed by atoms with Crippen LogP contribution in [0.1, 0.15) is 54.2 Å². The Labute approximate surface area is 118 Å². The number of aryl methyl sites for hydroxylation is 1. The zero-order chi connectivity index (χ0) is 14.3. The highest BCUT2D eigenvalue weighted by Gasteiger charge is 2.42. The van der Waals surface area contributed by atoms with E-state index in [9.17, 15) is 4.79 Å². The van der Waals surface area contributed by atoms with Crippen molar-refractivity contribution in [1.29, 1.82) is 0 Å². The van der Waals surface area contributed by atoms with Crippen LogP contribution in [0.25, 0.3) is 0 Å². The topological polar surface area (TPSA) is 55.8 Å². The summed E-state index contributed by atoms with van der Waals surface area (Å²) in [6, 6.07) is 1.97. The molecular formula is C16H20O4. The molecule has 2 aliphatic rings. The fraction of sp³-hybridized carbons (Fsp3) is 0.562. The second kappa shape index (κ2) is 5.00. The van der Waals surface area contributed by atoms with Crippen molar-refractivity contribution in [3.8, 4) is 11.5 Å². The van der Waals surface area contributed by atoms with Crippen LogP contribution < -0.4 is 9.47 Å². The highest BCUT2D eigenvalue weighted by molar-refractivity contribution is 5.68. The number of aliphatic carboxylic acids is 1. The van der Waals surface area contributed by atoms with Crippen LogP contribution in [0.4, 0.5) is 0 Å². The van der Waals surface area contributed by atoms with Crippen molar-refractivity contribution in [3.05, 3.63) is 22.8 Å². The normalized spacial score (nSPS) is 22.7. The quantitative estimate of drug-likeness (QED) is 0.898. The van der Waals surface area contributed by atoms with Crippen LogP contribution in [-0.4, -0.2) is 25.3 Å². The first-order chi connectivity index (χ1) is 9.65. The number of hydrogen-bond acceptors (Lipinski definition) is 3. The van der Waals surface area contributed by atoms with E-state index in [0.29, 0.717) is 18.3 Å². The predicted octanol–water partition coefficient (Wildman–Crippen LogP) is 3.09. The molecule has 1 saturated carbocycles. The molecule has 1 aromatic rings. The van der Waals surface area contributed by atoms with Gasteiger partial charge in [-0.05, 0) is 49.1 Å². The Morgan fingerprint density at radius 1 is 1.25 bits per heavy atom. The van der Waals surface area contributed by atoms with Gasteiger partial charge < -0.3 is 14.6 Å². The van der Waals surface area contributed by atoms with Crippen molar-refractivity contribution in [3.63, 3.8) is 0 Å². The minimum atomic E-state index is -0.784. The summed E-state index contributed by atoms with van der Waals surface area (Å²) >= 11 is 0. The largest absolute Gasteiger partial charge is 0.496 e. The molecule has 0 heterocycles. The van der Waals surface area contributed by atoms with Crippen LogP contribution in [0.5, 0.6) is 11.5 Å². The highest BCUT2D eigenvalue weighted by Crippen LogP contribution is 2.59. The summed E-state index contributed by atoms with van der Waals surface area (Å²) < 4.78 is 11.2. The maximum Gasteiger partial charge on any atom is 0.303 e. The maximum atomic E-state index is 10.8. The number of fused-ring (bicyclic) bond motifs is 5. The van der Waals surface area contributed by atoms with Crippen molar-refractivity contribution in [2.75, 3.05) is 14.2 Å². The molecule has 2 bridgehead atoms. The fourth-order valence-electron chi connectivity index (χ4n) is 3.90. The SMILES string of the molecule is COc1cc(CCC(=O)O)c(OC)c2c1C1CCC2C1. The van der Waals surface area contributed by atoms with Crippen molar-refractivity contribution >= 4 is 5.97 Å². The van der Waals surface area contributed by atoms with Gasteiger partial charge >= 0.3 is 5.97 Å². The third-order valence-electron chi connectivity index (χ3n) is 4.68. The molecule has 4 nitrogen and oxygen atoms in total. The van der Waals surface area contributed by atoms with Crippen LogP contribution in [0, 0.1) is 0 Å². The van der Waals surface area contributed by atoms with Gasteiger partial charge in [0.05, 0.1) is 14.2 Å². The molecule has 0 amide bonds. The number of carboxylic acids is 1. The van der Waals surface area contributed by atoms with Crippen molar-refractivity contribution in [2.45, 2.75) is 43.9 Å². The molecule has 1 fully saturated rings. The number of carboxylic acid groups (broad SMARTS) is 1. The lowest BCUT2D eigenvalue weighted by Crippen LogP contribution is -2.08. The van der Waals surface area contributed by atoms with Crippen LogP contribution >= 0.6 is 0 Å². The van der Waals surface area contributed by atoms with E-state index in [2.05, 4.69) is 0 Å². The van der Waals surface area contributed by atoms with Gasteiger partial charge in [-0.2, -0.15) is 0 Å². The number of methoxy groups -OCH3 is 2. The molecule has 0 aromatic heterocycles. The fourth-order valence-corrected chi connectivity index (χ4v) is 3.90. The first-order valence-corrected chi connectivity index (χ1v) is 7.15. The standard InChI is InChI=1S/C16H20O4/c1-19-12-8-11(5-6-13(17)18)16(20-2)15-10-4-3-9(7-10)14(12)15/h8-10H,3-7H2,1-2H3,(H,17,18). The summed E-state index contributed by atoms with van der Waals surface area (Å²) in [5.74, 6) is 2.17. The minimum absolute atomic E-state index is 0.117. The summed E-state index contributed by atoms with van der Waals surface area (Å²) in [4.78, 5) is 10.8. The second-order valence-corrected chi connectivity index (χ2v) is 5.70. The molecule has 1 N–H and O–H groups in total. The van der Waals surface area contributed by atoms with Gasteiger partial charge in [0.2, 0.25) is 0 Å². The Morgan fingerprint density at radius 3 is 2.55 bits per heavy atom. The Hall–Kier alpha value is -1.71. The highest BCUT2D eigenvalue weighted by atomic mass is 16.5. The van der Waals surface area contributed by atoms with E-state index in [4.69, 9.17) is 14.6 Å². The second-order valence-electron chi connectivity index (χ2n) is 5.70. The zero-order valence-corrected chi connectivity index (χ0v) is 11.9. The summed E-state index contributed by atoms with van der Waals surface area (Å²) in [5, 5.41) is 8.89. The molecule has 20 heavy (non-hydrogen) atoms. The van der Waals surface area contributed by atoms with Crippen molar-refractivity contribution < 1.29 is 19.4 Å². The van der Waals surface area contributed by atoms with Crippen LogP contribution in [0.15, 0.2) is 6.07 Å². The van der Waals surface area contributed by atoms with Crippen molar-refractivity contribution in [1.82, 2.24) is 0 Å². The molecular weight excluding hydrogens is 256 g/mol. The summed E-state index contributed by atoms with van der Waals surface area (Å²) in [6.07, 6.45) is 4.22. The van der Waals surface area contributed by atoms with Crippen LogP contribution in [0.2, 0.25) is 0 Å². The number of rotatable bonds is 5. The Balaban J connectivity index is 2.08. The van der Waals surface area contributed by atoms with Gasteiger partial charge in [-0.3, -0.25) is 4.79 Å². The maximum absolute atomic E-state index is 10.8. The first kappa shape index (κ1) is 13.3. The number of carbonyl (C=O) groups is 1. The lowest BCUT2D eigenvalue weighted by atomic mass is 9.87. The molecule has 3 rings (SSSR count). The van der Waals surface area contributed by atoms with Gasteiger partial charge in [-0.25, -0.2) is 0 Å². The molecule has 2 unspecified atom stereocenters. The van der Waals surface area contributed by atoms with Gasteiger partial charge in [-0.15, -0.1) is 0 Å². The summed E-state index contributed by atoms with van der Waals surface area (Å²) in [6.45, 7) is 0. The molecule has 0 aliphatic heterocycles. The number of benzene rings is 1. The van der Waals surface area contributed by atoms with E-state index in [0.717, 1.165) is 17.1 Å². The van der Waals surface area contributed by atoms with E-state index in [1.54, 1.807) is 14.2 Å². The Morgan fingerprint density at radius 2 is 1.95 bits per heavy atom. The predicted molar refractivity (Wildman–Crippen MR) is 74.8 cm³/mol. The lowest BCUT2D eigenvalue weighted by molar-refractivity contribution is -0.136. The average Bonchev–Trinajstić information content (AvgIpc) is 3.05. The Bertz CT molecular complexity index is 550. The van der Waals surface area contributed by atoms with Crippen molar-refractivity contribution in [2.24, 2.45) is 0 Å². The smallest absolute Gasteiger partial charge is 0.303 e. The number of hydrogen-bond donors (Lipinski definition) is 1. The van der Waals surface area contributed by atoms with Crippen LogP contribution in [-0.2, 0) is 11.2 Å². The lowest BCUT2D eigenvalue weighted by Gasteiger charge is -2.23. The van der Waals surface area contributed by atoms with Crippen LogP contribution in [0.3, 0.4) is 0 Å². The van der Waals surface area contributed by atoms with E-state index >= 15 is 0 Å². The molecule has 1 aromatic carbocycles. The molecule has 0 radical (unpaired) electrons. The first-order valence-electron chi connectivity index (χ1n) is 7.15. The zero-order valence-electron chi connectivity index (χ0n) is 11.9. The minimum Gasteiger partial charge on any atom is -0.496 e. The molecule has 108 valence electrons.